The van der Waals surface area contributed by atoms with Crippen LogP contribution in [0.25, 0.3) is 22.0 Å². The molecule has 3 heterocycles. The number of fused-ring (bicyclic) bond motifs is 2. The van der Waals surface area contributed by atoms with Crippen molar-refractivity contribution in [2.24, 2.45) is 0 Å². The summed E-state index contributed by atoms with van der Waals surface area (Å²) < 4.78 is 24.0. The third kappa shape index (κ3) is 6.66. The highest BCUT2D eigenvalue weighted by Gasteiger charge is 2.23. The molecule has 46 heavy (non-hydrogen) atoms. The van der Waals surface area contributed by atoms with Gasteiger partial charge in [0.25, 0.3) is 0 Å². The lowest BCUT2D eigenvalue weighted by Gasteiger charge is -2.27. The number of ether oxygens (including phenoxy) is 4. The van der Waals surface area contributed by atoms with Crippen molar-refractivity contribution in [1.82, 2.24) is 20.3 Å². The number of rotatable bonds is 11. The van der Waals surface area contributed by atoms with Crippen molar-refractivity contribution < 1.29 is 29.2 Å². The van der Waals surface area contributed by atoms with Crippen LogP contribution in [-0.2, 0) is 13.2 Å². The van der Waals surface area contributed by atoms with Gasteiger partial charge < -0.3 is 34.5 Å². The first kappa shape index (κ1) is 31.0. The Hall–Kier alpha value is -4.99. The van der Waals surface area contributed by atoms with Gasteiger partial charge in [0.1, 0.15) is 38.0 Å². The number of benzene rings is 3. The summed E-state index contributed by atoms with van der Waals surface area (Å²) in [6.45, 7) is 2.47. The molecular formula is C34H30ClN5O6. The average molecular weight is 640 g/mol. The van der Waals surface area contributed by atoms with Crippen molar-refractivity contribution in [2.45, 2.75) is 25.6 Å². The molecule has 0 saturated heterocycles. The van der Waals surface area contributed by atoms with Crippen LogP contribution in [0.3, 0.4) is 0 Å². The fourth-order valence-electron chi connectivity index (χ4n) is 4.88. The zero-order valence-electron chi connectivity index (χ0n) is 24.9. The lowest BCUT2D eigenvalue weighted by Crippen LogP contribution is -2.48. The molecule has 234 valence electrons. The van der Waals surface area contributed by atoms with E-state index in [9.17, 15) is 15.5 Å². The van der Waals surface area contributed by atoms with Gasteiger partial charge >= 0.3 is 0 Å². The van der Waals surface area contributed by atoms with Crippen LogP contribution < -0.4 is 24.3 Å². The van der Waals surface area contributed by atoms with E-state index in [-0.39, 0.29) is 26.4 Å². The smallest absolute Gasteiger partial charge is 0.230 e. The first-order valence-electron chi connectivity index (χ1n) is 14.5. The van der Waals surface area contributed by atoms with Crippen LogP contribution in [0.5, 0.6) is 28.9 Å². The Bertz CT molecular complexity index is 1930. The molecule has 3 aromatic carbocycles. The fourth-order valence-corrected chi connectivity index (χ4v) is 5.10. The number of hydrogen-bond acceptors (Lipinski definition) is 11. The molecule has 1 aliphatic rings. The maximum absolute atomic E-state index is 9.77. The van der Waals surface area contributed by atoms with Crippen molar-refractivity contribution in [1.29, 1.82) is 5.26 Å². The summed E-state index contributed by atoms with van der Waals surface area (Å²) >= 11 is 6.75. The van der Waals surface area contributed by atoms with Gasteiger partial charge in [0.05, 0.1) is 40.2 Å². The lowest BCUT2D eigenvalue weighted by atomic mass is 10.0. The minimum Gasteiger partial charge on any atom is -0.488 e. The maximum Gasteiger partial charge on any atom is 0.230 e. The molecule has 0 saturated carbocycles. The molecule has 6 rings (SSSR count). The van der Waals surface area contributed by atoms with E-state index in [1.54, 1.807) is 31.3 Å². The average Bonchev–Trinajstić information content (AvgIpc) is 3.10. The molecule has 0 radical (unpaired) electrons. The number of nitrogens with zero attached hydrogens (tertiary/aromatic N) is 4. The van der Waals surface area contributed by atoms with Gasteiger partial charge in [-0.15, -0.1) is 0 Å². The molecule has 5 aromatic rings. The second kappa shape index (κ2) is 13.6. The molecule has 0 amide bonds. The second-order valence-corrected chi connectivity index (χ2v) is 11.4. The molecule has 3 N–H and O–H groups in total. The van der Waals surface area contributed by atoms with Crippen LogP contribution in [-0.4, -0.2) is 57.1 Å². The van der Waals surface area contributed by atoms with Gasteiger partial charge in [-0.3, -0.25) is 4.98 Å². The highest BCUT2D eigenvalue weighted by atomic mass is 35.5. The minimum atomic E-state index is -0.932. The molecule has 12 heteroatoms. The van der Waals surface area contributed by atoms with Crippen molar-refractivity contribution in [2.75, 3.05) is 26.4 Å². The van der Waals surface area contributed by atoms with Crippen molar-refractivity contribution in [3.05, 3.63) is 95.0 Å². The van der Waals surface area contributed by atoms with E-state index in [2.05, 4.69) is 26.3 Å². The predicted octanol–water partition coefficient (Wildman–Crippen LogP) is 5.19. The summed E-state index contributed by atoms with van der Waals surface area (Å²) in [4.78, 5) is 13.1. The van der Waals surface area contributed by atoms with Gasteiger partial charge in [-0.1, -0.05) is 29.8 Å². The van der Waals surface area contributed by atoms with Crippen molar-refractivity contribution >= 4 is 22.5 Å². The fraction of sp³-hybridized carbons (Fsp3) is 0.235. The second-order valence-electron chi connectivity index (χ2n) is 10.9. The Morgan fingerprint density at radius 2 is 1.83 bits per heavy atom. The van der Waals surface area contributed by atoms with Crippen molar-refractivity contribution in [3.8, 4) is 46.1 Å². The zero-order valence-corrected chi connectivity index (χ0v) is 25.6. The minimum absolute atomic E-state index is 0.114. The quantitative estimate of drug-likeness (QED) is 0.175. The summed E-state index contributed by atoms with van der Waals surface area (Å²) in [5.74, 6) is 2.39. The molecule has 0 unspecified atom stereocenters. The van der Waals surface area contributed by atoms with E-state index in [4.69, 9.17) is 30.5 Å². The third-order valence-electron chi connectivity index (χ3n) is 7.52. The van der Waals surface area contributed by atoms with Crippen LogP contribution in [0.2, 0.25) is 5.02 Å². The van der Waals surface area contributed by atoms with E-state index in [1.807, 2.05) is 36.4 Å². The number of para-hydroxylation sites is 1. The summed E-state index contributed by atoms with van der Waals surface area (Å²) in [6.07, 6.45) is 4.53. The Morgan fingerprint density at radius 1 is 1.00 bits per heavy atom. The molecule has 2 aromatic heterocycles. The monoisotopic (exact) mass is 639 g/mol. The Labute approximate surface area is 270 Å². The number of nitriles is 1. The van der Waals surface area contributed by atoms with Gasteiger partial charge in [-0.2, -0.15) is 5.26 Å². The lowest BCUT2D eigenvalue weighted by molar-refractivity contribution is 0.103. The predicted molar refractivity (Wildman–Crippen MR) is 170 cm³/mol. The van der Waals surface area contributed by atoms with Gasteiger partial charge in [0.15, 0.2) is 17.2 Å². The van der Waals surface area contributed by atoms with Crippen molar-refractivity contribution in [3.63, 3.8) is 0 Å². The molecule has 0 bridgehead atoms. The topological polar surface area (TPSA) is 152 Å². The SMILES string of the molecule is CC(CO)(CO)NCc1cc(Cl)c(Oc2ncnc3c(-c4ccc5c(c4)OCCO5)cccc23)cc1OCc1cncc(C#N)c1. The van der Waals surface area contributed by atoms with Crippen LogP contribution in [0, 0.1) is 11.3 Å². The number of hydrogen-bond donors (Lipinski definition) is 3. The number of pyridine rings is 1. The van der Waals surface area contributed by atoms with E-state index < -0.39 is 5.54 Å². The number of aliphatic hydroxyl groups excluding tert-OH is 2. The Kier molecular flexibility index (Phi) is 9.14. The first-order chi connectivity index (χ1) is 22.4. The van der Waals surface area contributed by atoms with Gasteiger partial charge in [-0.05, 0) is 42.8 Å². The number of aromatic nitrogens is 3. The van der Waals surface area contributed by atoms with E-state index in [0.29, 0.717) is 74.7 Å². The standard InChI is InChI=1S/C34H30ClN5O6/c1-34(18-41,19-42)40-16-24-10-27(35)30(12-29(24)45-17-22-9-21(13-36)14-37-15-22)46-33-26-4-2-3-25(32(26)38-20-39-33)23-5-6-28-31(11-23)44-8-7-43-28/h2-6,9-12,14-15,20,40-42H,7-8,16-19H2,1H3. The molecule has 0 fully saturated rings. The summed E-state index contributed by atoms with van der Waals surface area (Å²) in [5, 5.41) is 32.9. The summed E-state index contributed by atoms with van der Waals surface area (Å²) in [7, 11) is 0. The molecule has 1 aliphatic heterocycles. The van der Waals surface area contributed by atoms with Gasteiger partial charge in [0.2, 0.25) is 5.88 Å². The number of aliphatic hydroxyl groups is 2. The molecule has 0 aliphatic carbocycles. The largest absolute Gasteiger partial charge is 0.488 e. The van der Waals surface area contributed by atoms with Crippen LogP contribution >= 0.6 is 11.6 Å². The molecule has 0 spiro atoms. The highest BCUT2D eigenvalue weighted by molar-refractivity contribution is 6.32. The zero-order chi connectivity index (χ0) is 32.1. The van der Waals surface area contributed by atoms with E-state index in [0.717, 1.165) is 11.1 Å². The van der Waals surface area contributed by atoms with Crippen LogP contribution in [0.4, 0.5) is 0 Å². The molecule has 0 atom stereocenters. The molecule has 11 nitrogen and oxygen atoms in total. The molecular weight excluding hydrogens is 610 g/mol. The Morgan fingerprint density at radius 3 is 2.63 bits per heavy atom. The Balaban J connectivity index is 1.34. The van der Waals surface area contributed by atoms with Gasteiger partial charge in [-0.25, -0.2) is 9.97 Å². The van der Waals surface area contributed by atoms with E-state index in [1.165, 1.54) is 12.5 Å². The van der Waals surface area contributed by atoms with Gasteiger partial charge in [0, 0.05) is 41.7 Å². The third-order valence-corrected chi connectivity index (χ3v) is 7.82. The normalized spacial score (nSPS) is 12.5. The number of nitrogens with one attached hydrogen (secondary N) is 1. The van der Waals surface area contributed by atoms with Crippen LogP contribution in [0.15, 0.2) is 73.3 Å². The van der Waals surface area contributed by atoms with Crippen LogP contribution in [0.1, 0.15) is 23.6 Å². The summed E-state index contributed by atoms with van der Waals surface area (Å²) in [6, 6.07) is 18.6. The number of halogens is 1. The first-order valence-corrected chi connectivity index (χ1v) is 14.8. The maximum atomic E-state index is 9.77. The summed E-state index contributed by atoms with van der Waals surface area (Å²) in [5.41, 5.74) is 3.27. The highest BCUT2D eigenvalue weighted by Crippen LogP contribution is 2.40. The van der Waals surface area contributed by atoms with E-state index >= 15 is 0 Å².